The third-order valence-electron chi connectivity index (χ3n) is 3.33. The average Bonchev–Trinajstić information content (AvgIpc) is 2.46. The molecule has 104 valence electrons. The van der Waals surface area contributed by atoms with Crippen LogP contribution in [0.15, 0.2) is 54.6 Å². The third-order valence-corrected chi connectivity index (χ3v) is 3.33. The van der Waals surface area contributed by atoms with Gasteiger partial charge in [-0.25, -0.2) is 0 Å². The number of aliphatic carboxylic acids is 1. The van der Waals surface area contributed by atoms with Crippen LogP contribution in [0.25, 0.3) is 0 Å². The van der Waals surface area contributed by atoms with E-state index in [0.29, 0.717) is 17.9 Å². The van der Waals surface area contributed by atoms with Crippen molar-refractivity contribution in [3.8, 4) is 5.75 Å². The zero-order chi connectivity index (χ0) is 14.6. The lowest BCUT2D eigenvalue weighted by Gasteiger charge is -2.26. The summed E-state index contributed by atoms with van der Waals surface area (Å²) in [7, 11) is 0. The molecular weight excluding hydrogens is 252 g/mol. The van der Waals surface area contributed by atoms with E-state index in [4.69, 9.17) is 4.74 Å². The zero-order valence-electron chi connectivity index (χ0n) is 11.6. The lowest BCUT2D eigenvalue weighted by atomic mass is 9.85. The molecule has 20 heavy (non-hydrogen) atoms. The molecule has 0 radical (unpaired) electrons. The maximum atomic E-state index is 11.1. The normalized spacial score (nSPS) is 11.1. The Morgan fingerprint density at radius 1 is 1.05 bits per heavy atom. The minimum absolute atomic E-state index is 0.490. The summed E-state index contributed by atoms with van der Waals surface area (Å²) in [6.45, 7) is 3.74. The maximum absolute atomic E-state index is 11.1. The van der Waals surface area contributed by atoms with E-state index in [9.17, 15) is 9.90 Å². The maximum Gasteiger partial charge on any atom is 0.119 e. The van der Waals surface area contributed by atoms with Crippen LogP contribution in [0.2, 0.25) is 0 Å². The molecule has 0 spiro atoms. The second kappa shape index (κ2) is 5.78. The molecule has 0 fully saturated rings. The van der Waals surface area contributed by atoms with E-state index in [1.807, 2.05) is 30.3 Å². The summed E-state index contributed by atoms with van der Waals surface area (Å²) >= 11 is 0. The predicted octanol–water partition coefficient (Wildman–Crippen LogP) is 2.29. The summed E-state index contributed by atoms with van der Waals surface area (Å²) in [5.74, 6) is -0.373. The molecule has 0 N–H and O–H groups in total. The first-order valence-corrected chi connectivity index (χ1v) is 6.49. The molecule has 2 rings (SSSR count). The molecule has 2 aromatic carbocycles. The zero-order valence-corrected chi connectivity index (χ0v) is 11.6. The number of carboxylic acid groups (broad SMARTS) is 1. The standard InChI is InChI=1S/C17H18O3/c1-17(2,16(18)19)14-8-10-15(11-9-14)20-12-13-6-4-3-5-7-13/h3-11H,12H2,1-2H3,(H,18,19)/p-1. The molecule has 0 heterocycles. The average molecular weight is 269 g/mol. The molecule has 0 saturated heterocycles. The summed E-state index contributed by atoms with van der Waals surface area (Å²) < 4.78 is 5.66. The highest BCUT2D eigenvalue weighted by Crippen LogP contribution is 2.25. The Bertz CT molecular complexity index is 571. The van der Waals surface area contributed by atoms with Crippen molar-refractivity contribution < 1.29 is 14.6 Å². The van der Waals surface area contributed by atoms with Crippen LogP contribution in [0.3, 0.4) is 0 Å². The first-order chi connectivity index (χ1) is 9.50. The Morgan fingerprint density at radius 3 is 2.20 bits per heavy atom. The topological polar surface area (TPSA) is 49.4 Å². The van der Waals surface area contributed by atoms with Gasteiger partial charge < -0.3 is 14.6 Å². The van der Waals surface area contributed by atoms with Crippen LogP contribution in [0.5, 0.6) is 5.75 Å². The Morgan fingerprint density at radius 2 is 1.65 bits per heavy atom. The highest BCUT2D eigenvalue weighted by Gasteiger charge is 2.21. The van der Waals surface area contributed by atoms with Crippen molar-refractivity contribution in [3.05, 3.63) is 65.7 Å². The van der Waals surface area contributed by atoms with Crippen molar-refractivity contribution in [2.75, 3.05) is 0 Å². The number of carboxylic acids is 1. The van der Waals surface area contributed by atoms with E-state index in [1.54, 1.807) is 38.1 Å². The summed E-state index contributed by atoms with van der Waals surface area (Å²) in [6.07, 6.45) is 0. The van der Waals surface area contributed by atoms with E-state index in [0.717, 1.165) is 5.56 Å². The molecular formula is C17H17O3-. The van der Waals surface area contributed by atoms with Crippen molar-refractivity contribution >= 4 is 5.97 Å². The minimum atomic E-state index is -1.09. The van der Waals surface area contributed by atoms with Gasteiger partial charge in [0, 0.05) is 5.41 Å². The van der Waals surface area contributed by atoms with Gasteiger partial charge in [-0.15, -0.1) is 0 Å². The van der Waals surface area contributed by atoms with Gasteiger partial charge >= 0.3 is 0 Å². The van der Waals surface area contributed by atoms with Gasteiger partial charge in [0.05, 0.1) is 5.97 Å². The Hall–Kier alpha value is -2.29. The Kier molecular flexibility index (Phi) is 4.08. The summed E-state index contributed by atoms with van der Waals surface area (Å²) in [6, 6.07) is 17.0. The lowest BCUT2D eigenvalue weighted by Crippen LogP contribution is -2.41. The number of carbonyl (C=O) groups is 1. The molecule has 0 atom stereocenters. The highest BCUT2D eigenvalue weighted by molar-refractivity contribution is 5.78. The van der Waals surface area contributed by atoms with Gasteiger partial charge in [0.1, 0.15) is 12.4 Å². The quantitative estimate of drug-likeness (QED) is 0.836. The highest BCUT2D eigenvalue weighted by atomic mass is 16.5. The summed E-state index contributed by atoms with van der Waals surface area (Å²) in [5.41, 5.74) is 0.786. The molecule has 0 aromatic heterocycles. The van der Waals surface area contributed by atoms with Crippen molar-refractivity contribution in [1.29, 1.82) is 0 Å². The van der Waals surface area contributed by atoms with Gasteiger partial charge in [-0.2, -0.15) is 0 Å². The molecule has 0 bridgehead atoms. The molecule has 0 amide bonds. The predicted molar refractivity (Wildman–Crippen MR) is 75.2 cm³/mol. The van der Waals surface area contributed by atoms with Gasteiger partial charge in [0.2, 0.25) is 0 Å². The molecule has 0 aliphatic rings. The van der Waals surface area contributed by atoms with E-state index >= 15 is 0 Å². The van der Waals surface area contributed by atoms with Crippen LogP contribution in [0.1, 0.15) is 25.0 Å². The van der Waals surface area contributed by atoms with Crippen LogP contribution in [-0.2, 0) is 16.8 Å². The molecule has 0 aliphatic heterocycles. The van der Waals surface area contributed by atoms with Crippen molar-refractivity contribution in [1.82, 2.24) is 0 Å². The van der Waals surface area contributed by atoms with Gasteiger partial charge in [-0.3, -0.25) is 0 Å². The van der Waals surface area contributed by atoms with Crippen LogP contribution < -0.4 is 9.84 Å². The van der Waals surface area contributed by atoms with E-state index < -0.39 is 11.4 Å². The van der Waals surface area contributed by atoms with Crippen LogP contribution in [0.4, 0.5) is 0 Å². The molecule has 3 nitrogen and oxygen atoms in total. The summed E-state index contributed by atoms with van der Waals surface area (Å²) in [5, 5.41) is 11.1. The second-order valence-corrected chi connectivity index (χ2v) is 5.21. The van der Waals surface area contributed by atoms with Gasteiger partial charge in [-0.05, 0) is 23.3 Å². The number of benzene rings is 2. The van der Waals surface area contributed by atoms with E-state index in [1.165, 1.54) is 0 Å². The molecule has 0 saturated carbocycles. The monoisotopic (exact) mass is 269 g/mol. The Labute approximate surface area is 118 Å². The van der Waals surface area contributed by atoms with E-state index in [2.05, 4.69) is 0 Å². The SMILES string of the molecule is CC(C)(C(=O)[O-])c1ccc(OCc2ccccc2)cc1. The second-order valence-electron chi connectivity index (χ2n) is 5.21. The smallest absolute Gasteiger partial charge is 0.119 e. The largest absolute Gasteiger partial charge is 0.549 e. The van der Waals surface area contributed by atoms with Gasteiger partial charge in [0.15, 0.2) is 0 Å². The van der Waals surface area contributed by atoms with Crippen LogP contribution in [-0.4, -0.2) is 5.97 Å². The van der Waals surface area contributed by atoms with Crippen molar-refractivity contribution in [3.63, 3.8) is 0 Å². The van der Waals surface area contributed by atoms with Crippen molar-refractivity contribution in [2.24, 2.45) is 0 Å². The number of hydrogen-bond donors (Lipinski definition) is 0. The van der Waals surface area contributed by atoms with E-state index in [-0.39, 0.29) is 0 Å². The first kappa shape index (κ1) is 14.1. The fourth-order valence-corrected chi connectivity index (χ4v) is 1.83. The molecule has 0 unspecified atom stereocenters. The fourth-order valence-electron chi connectivity index (χ4n) is 1.83. The number of carbonyl (C=O) groups excluding carboxylic acids is 1. The van der Waals surface area contributed by atoms with Crippen molar-refractivity contribution in [2.45, 2.75) is 25.9 Å². The van der Waals surface area contributed by atoms with Crippen LogP contribution in [0, 0.1) is 0 Å². The molecule has 0 aliphatic carbocycles. The minimum Gasteiger partial charge on any atom is -0.549 e. The number of hydrogen-bond acceptors (Lipinski definition) is 3. The van der Waals surface area contributed by atoms with Crippen LogP contribution >= 0.6 is 0 Å². The van der Waals surface area contributed by atoms with Gasteiger partial charge in [-0.1, -0.05) is 56.3 Å². The Balaban J connectivity index is 2.04. The lowest BCUT2D eigenvalue weighted by molar-refractivity contribution is -0.312. The third kappa shape index (κ3) is 3.18. The number of rotatable bonds is 5. The molecule has 3 heteroatoms. The fraction of sp³-hybridized carbons (Fsp3) is 0.235. The number of ether oxygens (including phenoxy) is 1. The molecule has 2 aromatic rings. The van der Waals surface area contributed by atoms with Gasteiger partial charge in [0.25, 0.3) is 0 Å². The summed E-state index contributed by atoms with van der Waals surface area (Å²) in [4.78, 5) is 11.1. The first-order valence-electron chi connectivity index (χ1n) is 6.49.